The summed E-state index contributed by atoms with van der Waals surface area (Å²) in [6, 6.07) is 5.71. The van der Waals surface area contributed by atoms with Crippen molar-refractivity contribution < 1.29 is 13.5 Å². The molecule has 120 valence electrons. The van der Waals surface area contributed by atoms with Crippen molar-refractivity contribution in [3.05, 3.63) is 46.6 Å². The highest BCUT2D eigenvalue weighted by atomic mass is 32.2. The molecule has 3 aromatic rings. The van der Waals surface area contributed by atoms with Gasteiger partial charge in [-0.05, 0) is 24.5 Å². The third-order valence-corrected chi connectivity index (χ3v) is 3.89. The summed E-state index contributed by atoms with van der Waals surface area (Å²) in [7, 11) is 0. The molecule has 0 aliphatic heterocycles. The van der Waals surface area contributed by atoms with Gasteiger partial charge in [-0.25, -0.2) is 13.8 Å². The van der Waals surface area contributed by atoms with E-state index in [-0.39, 0.29) is 17.9 Å². The Hall–Kier alpha value is -2.35. The second-order valence-corrected chi connectivity index (χ2v) is 5.40. The third kappa shape index (κ3) is 2.81. The van der Waals surface area contributed by atoms with Gasteiger partial charge in [0.25, 0.3) is 5.56 Å². The predicted molar refractivity (Wildman–Crippen MR) is 84.9 cm³/mol. The Balaban J connectivity index is 2.14. The number of benzene rings is 1. The maximum atomic E-state index is 14.1. The SMILES string of the molecule is CSc1nc2[nH]ccc2c(=O)n1-c1ccc(OCCF)c(F)c1. The van der Waals surface area contributed by atoms with Crippen LogP contribution in [-0.4, -0.2) is 34.1 Å². The lowest BCUT2D eigenvalue weighted by Gasteiger charge is -2.12. The molecular weight excluding hydrogens is 324 g/mol. The van der Waals surface area contributed by atoms with Gasteiger partial charge in [0.1, 0.15) is 18.9 Å². The van der Waals surface area contributed by atoms with Gasteiger partial charge >= 0.3 is 0 Å². The summed E-state index contributed by atoms with van der Waals surface area (Å²) in [4.78, 5) is 19.9. The number of H-pyrrole nitrogens is 1. The molecule has 0 amide bonds. The molecule has 23 heavy (non-hydrogen) atoms. The van der Waals surface area contributed by atoms with Crippen LogP contribution in [0.3, 0.4) is 0 Å². The third-order valence-electron chi connectivity index (χ3n) is 3.25. The number of hydrogen-bond acceptors (Lipinski definition) is 4. The summed E-state index contributed by atoms with van der Waals surface area (Å²) < 4.78 is 32.5. The Morgan fingerprint density at radius 3 is 2.91 bits per heavy atom. The Bertz CT molecular complexity index is 907. The number of nitrogens with zero attached hydrogens (tertiary/aromatic N) is 2. The highest BCUT2D eigenvalue weighted by Gasteiger charge is 2.14. The summed E-state index contributed by atoms with van der Waals surface area (Å²) in [6.07, 6.45) is 3.41. The van der Waals surface area contributed by atoms with E-state index < -0.39 is 12.5 Å². The van der Waals surface area contributed by atoms with Crippen LogP contribution in [0.4, 0.5) is 8.78 Å². The molecular formula is C15H13F2N3O2S. The smallest absolute Gasteiger partial charge is 0.268 e. The van der Waals surface area contributed by atoms with Crippen molar-refractivity contribution in [1.82, 2.24) is 14.5 Å². The second kappa shape index (κ2) is 6.41. The van der Waals surface area contributed by atoms with Crippen LogP contribution in [0.25, 0.3) is 16.7 Å². The molecule has 0 unspecified atom stereocenters. The van der Waals surface area contributed by atoms with E-state index in [2.05, 4.69) is 9.97 Å². The summed E-state index contributed by atoms with van der Waals surface area (Å²) >= 11 is 1.28. The molecule has 3 rings (SSSR count). The predicted octanol–water partition coefficient (Wildman–Crippen LogP) is 2.92. The summed E-state index contributed by atoms with van der Waals surface area (Å²) in [6.45, 7) is -0.922. The van der Waals surface area contributed by atoms with Crippen molar-refractivity contribution in [2.45, 2.75) is 5.16 Å². The van der Waals surface area contributed by atoms with E-state index in [4.69, 9.17) is 4.74 Å². The topological polar surface area (TPSA) is 59.9 Å². The van der Waals surface area contributed by atoms with Crippen molar-refractivity contribution in [1.29, 1.82) is 0 Å². The first-order chi connectivity index (χ1) is 11.2. The summed E-state index contributed by atoms with van der Waals surface area (Å²) in [5, 5.41) is 0.850. The number of fused-ring (bicyclic) bond motifs is 1. The molecule has 0 aliphatic rings. The molecule has 0 bridgehead atoms. The normalized spacial score (nSPS) is 11.1. The average molecular weight is 337 g/mol. The minimum absolute atomic E-state index is 0.0548. The van der Waals surface area contributed by atoms with Crippen molar-refractivity contribution in [3.8, 4) is 11.4 Å². The Kier molecular flexibility index (Phi) is 4.33. The first kappa shape index (κ1) is 15.5. The van der Waals surface area contributed by atoms with Crippen LogP contribution in [0.1, 0.15) is 0 Å². The number of hydrogen-bond donors (Lipinski definition) is 1. The van der Waals surface area contributed by atoms with Crippen molar-refractivity contribution >= 4 is 22.8 Å². The number of aromatic amines is 1. The monoisotopic (exact) mass is 337 g/mol. The van der Waals surface area contributed by atoms with Crippen molar-refractivity contribution in [3.63, 3.8) is 0 Å². The quantitative estimate of drug-likeness (QED) is 0.574. The van der Waals surface area contributed by atoms with Gasteiger partial charge in [-0.15, -0.1) is 0 Å². The van der Waals surface area contributed by atoms with E-state index in [0.29, 0.717) is 21.9 Å². The van der Waals surface area contributed by atoms with Crippen LogP contribution >= 0.6 is 11.8 Å². The molecule has 0 spiro atoms. The van der Waals surface area contributed by atoms with E-state index >= 15 is 0 Å². The molecule has 2 aromatic heterocycles. The first-order valence-electron chi connectivity index (χ1n) is 6.78. The Morgan fingerprint density at radius 1 is 1.39 bits per heavy atom. The van der Waals surface area contributed by atoms with E-state index in [1.807, 2.05) is 0 Å². The molecule has 2 heterocycles. The summed E-state index contributed by atoms with van der Waals surface area (Å²) in [5.74, 6) is -0.718. The number of thioether (sulfide) groups is 1. The minimum Gasteiger partial charge on any atom is -0.488 e. The molecule has 8 heteroatoms. The van der Waals surface area contributed by atoms with Crippen LogP contribution < -0.4 is 10.3 Å². The van der Waals surface area contributed by atoms with Gasteiger partial charge in [-0.2, -0.15) is 0 Å². The molecule has 0 radical (unpaired) electrons. The first-order valence-corrected chi connectivity index (χ1v) is 8.01. The van der Waals surface area contributed by atoms with Crippen LogP contribution in [0, 0.1) is 5.82 Å². The van der Waals surface area contributed by atoms with Crippen molar-refractivity contribution in [2.75, 3.05) is 19.5 Å². The van der Waals surface area contributed by atoms with Gasteiger partial charge in [0, 0.05) is 12.3 Å². The molecule has 0 saturated carbocycles. The van der Waals surface area contributed by atoms with E-state index in [1.165, 1.54) is 34.5 Å². The van der Waals surface area contributed by atoms with Gasteiger partial charge in [0.2, 0.25) is 0 Å². The molecule has 0 saturated heterocycles. The second-order valence-electron chi connectivity index (χ2n) is 4.63. The number of rotatable bonds is 5. The fourth-order valence-corrected chi connectivity index (χ4v) is 2.79. The fraction of sp³-hybridized carbons (Fsp3) is 0.200. The van der Waals surface area contributed by atoms with Gasteiger partial charge in [-0.3, -0.25) is 9.36 Å². The molecule has 0 aliphatic carbocycles. The number of ether oxygens (including phenoxy) is 1. The molecule has 1 aromatic carbocycles. The number of nitrogens with one attached hydrogen (secondary N) is 1. The lowest BCUT2D eigenvalue weighted by molar-refractivity contribution is 0.262. The fourth-order valence-electron chi connectivity index (χ4n) is 2.24. The Morgan fingerprint density at radius 2 is 2.22 bits per heavy atom. The van der Waals surface area contributed by atoms with E-state index in [0.717, 1.165) is 0 Å². The van der Waals surface area contributed by atoms with Gasteiger partial charge in [0.15, 0.2) is 16.7 Å². The van der Waals surface area contributed by atoms with Crippen LogP contribution in [0.2, 0.25) is 0 Å². The van der Waals surface area contributed by atoms with Gasteiger partial charge < -0.3 is 9.72 Å². The molecule has 1 N–H and O–H groups in total. The van der Waals surface area contributed by atoms with Crippen LogP contribution in [0.15, 0.2) is 40.4 Å². The highest BCUT2D eigenvalue weighted by Crippen LogP contribution is 2.23. The molecule has 0 fully saturated rings. The Labute approximate surface area is 134 Å². The molecule has 0 atom stereocenters. The van der Waals surface area contributed by atoms with E-state index in [9.17, 15) is 13.6 Å². The lowest BCUT2D eigenvalue weighted by atomic mass is 10.2. The number of aromatic nitrogens is 3. The minimum atomic E-state index is -0.703. The maximum Gasteiger partial charge on any atom is 0.268 e. The maximum absolute atomic E-state index is 14.1. The zero-order valence-electron chi connectivity index (χ0n) is 12.2. The van der Waals surface area contributed by atoms with E-state index in [1.54, 1.807) is 18.5 Å². The largest absolute Gasteiger partial charge is 0.488 e. The summed E-state index contributed by atoms with van der Waals surface area (Å²) in [5.41, 5.74) is 0.524. The van der Waals surface area contributed by atoms with Crippen molar-refractivity contribution in [2.24, 2.45) is 0 Å². The average Bonchev–Trinajstić information content (AvgIpc) is 3.02. The zero-order valence-corrected chi connectivity index (χ0v) is 13.0. The van der Waals surface area contributed by atoms with Gasteiger partial charge in [-0.1, -0.05) is 11.8 Å². The lowest BCUT2D eigenvalue weighted by Crippen LogP contribution is -2.21. The highest BCUT2D eigenvalue weighted by molar-refractivity contribution is 7.98. The zero-order chi connectivity index (χ0) is 16.4. The number of halogens is 2. The number of alkyl halides is 1. The molecule has 5 nitrogen and oxygen atoms in total. The van der Waals surface area contributed by atoms with Crippen LogP contribution in [-0.2, 0) is 0 Å². The van der Waals surface area contributed by atoms with Crippen LogP contribution in [0.5, 0.6) is 5.75 Å². The standard InChI is InChI=1S/C15H13F2N3O2S/c1-23-15-19-13-10(4-6-18-13)14(21)20(15)9-2-3-12(11(17)8-9)22-7-5-16/h2-4,6,8,18H,5,7H2,1H3. The van der Waals surface area contributed by atoms with Gasteiger partial charge in [0.05, 0.1) is 11.1 Å².